The van der Waals surface area contributed by atoms with E-state index in [9.17, 15) is 9.90 Å². The number of carbonyl (C=O) groups is 1. The third-order valence-corrected chi connectivity index (χ3v) is 5.39. The summed E-state index contributed by atoms with van der Waals surface area (Å²) in [5.74, 6) is 1.51. The topological polar surface area (TPSA) is 71.7 Å². The molecule has 1 unspecified atom stereocenters. The summed E-state index contributed by atoms with van der Waals surface area (Å²) in [6, 6.07) is 16.1. The molecule has 0 aliphatic carbocycles. The lowest BCUT2D eigenvalue weighted by molar-refractivity contribution is -0.121. The van der Waals surface area contributed by atoms with Crippen LogP contribution in [0.2, 0.25) is 0 Å². The number of nitrogens with one attached hydrogen (secondary N) is 1. The third kappa shape index (κ3) is 6.59. The molecule has 0 radical (unpaired) electrons. The molecule has 31 heavy (non-hydrogen) atoms. The molecular formula is C26H33NO4. The second-order valence-corrected chi connectivity index (χ2v) is 8.87. The van der Waals surface area contributed by atoms with Gasteiger partial charge in [0.1, 0.15) is 5.76 Å². The summed E-state index contributed by atoms with van der Waals surface area (Å²) in [5, 5.41) is 13.8. The number of fused-ring (bicyclic) bond motifs is 1. The molecule has 0 saturated carbocycles. The number of amides is 1. The molecule has 3 rings (SSSR count). The minimum absolute atomic E-state index is 0.0343. The Balaban J connectivity index is 1.62. The van der Waals surface area contributed by atoms with Crippen LogP contribution in [-0.2, 0) is 11.2 Å². The minimum Gasteiger partial charge on any atom is -0.493 e. The normalized spacial score (nSPS) is 12.7. The zero-order chi connectivity index (χ0) is 22.4. The highest BCUT2D eigenvalue weighted by atomic mass is 16.5. The van der Waals surface area contributed by atoms with Gasteiger partial charge in [-0.1, -0.05) is 30.3 Å². The number of hydrogen-bond acceptors (Lipinski definition) is 4. The Morgan fingerprint density at radius 3 is 2.61 bits per heavy atom. The van der Waals surface area contributed by atoms with Crippen LogP contribution in [0.25, 0.3) is 22.3 Å². The first-order chi connectivity index (χ1) is 14.7. The lowest BCUT2D eigenvalue weighted by Crippen LogP contribution is -2.33. The van der Waals surface area contributed by atoms with Crippen molar-refractivity contribution in [1.82, 2.24) is 5.32 Å². The number of aliphatic hydroxyl groups is 1. The van der Waals surface area contributed by atoms with Gasteiger partial charge in [0, 0.05) is 23.4 Å². The molecule has 1 amide bonds. The minimum atomic E-state index is -0.658. The van der Waals surface area contributed by atoms with Gasteiger partial charge in [-0.3, -0.25) is 4.79 Å². The molecule has 0 bridgehead atoms. The first kappa shape index (κ1) is 22.9. The maximum atomic E-state index is 12.4. The van der Waals surface area contributed by atoms with Gasteiger partial charge in [0.15, 0.2) is 11.3 Å². The highest BCUT2D eigenvalue weighted by Gasteiger charge is 2.15. The van der Waals surface area contributed by atoms with E-state index >= 15 is 0 Å². The number of rotatable bonds is 10. The number of hydrogen-bond donors (Lipinski definition) is 2. The summed E-state index contributed by atoms with van der Waals surface area (Å²) < 4.78 is 11.6. The predicted molar refractivity (Wildman–Crippen MR) is 124 cm³/mol. The third-order valence-electron chi connectivity index (χ3n) is 5.39. The summed E-state index contributed by atoms with van der Waals surface area (Å²) in [6.07, 6.45) is 3.49. The van der Waals surface area contributed by atoms with Crippen LogP contribution < -0.4 is 10.1 Å². The molecule has 5 nitrogen and oxygen atoms in total. The Morgan fingerprint density at radius 2 is 1.94 bits per heavy atom. The van der Waals surface area contributed by atoms with E-state index < -0.39 is 5.60 Å². The van der Waals surface area contributed by atoms with Crippen molar-refractivity contribution < 1.29 is 19.1 Å². The Kier molecular flexibility index (Phi) is 7.39. The van der Waals surface area contributed by atoms with E-state index in [2.05, 4.69) is 11.4 Å². The highest BCUT2D eigenvalue weighted by Crippen LogP contribution is 2.34. The van der Waals surface area contributed by atoms with Gasteiger partial charge in [0.05, 0.1) is 12.7 Å². The van der Waals surface area contributed by atoms with Crippen molar-refractivity contribution in [3.8, 4) is 17.1 Å². The zero-order valence-electron chi connectivity index (χ0n) is 18.9. The Bertz CT molecular complexity index is 1000. The average molecular weight is 424 g/mol. The van der Waals surface area contributed by atoms with Gasteiger partial charge in [0.25, 0.3) is 0 Å². The van der Waals surface area contributed by atoms with Gasteiger partial charge < -0.3 is 19.6 Å². The largest absolute Gasteiger partial charge is 0.493 e. The Labute approximate surface area is 184 Å². The van der Waals surface area contributed by atoms with Crippen LogP contribution in [0.1, 0.15) is 52.0 Å². The molecule has 1 aromatic heterocycles. The van der Waals surface area contributed by atoms with Crippen molar-refractivity contribution in [3.05, 3.63) is 54.1 Å². The van der Waals surface area contributed by atoms with Crippen molar-refractivity contribution >= 4 is 16.9 Å². The predicted octanol–water partition coefficient (Wildman–Crippen LogP) is 5.49. The number of carbonyl (C=O) groups excluding carboxylic acids is 1. The molecular weight excluding hydrogens is 390 g/mol. The summed E-state index contributed by atoms with van der Waals surface area (Å²) in [6.45, 7) is 5.63. The number of aryl methyl sites for hydroxylation is 1. The van der Waals surface area contributed by atoms with Gasteiger partial charge in [-0.25, -0.2) is 0 Å². The molecule has 1 atom stereocenters. The van der Waals surface area contributed by atoms with E-state index in [1.54, 1.807) is 7.11 Å². The first-order valence-electron chi connectivity index (χ1n) is 10.9. The van der Waals surface area contributed by atoms with E-state index in [0.29, 0.717) is 18.6 Å². The van der Waals surface area contributed by atoms with Crippen LogP contribution in [0.4, 0.5) is 0 Å². The van der Waals surface area contributed by atoms with Gasteiger partial charge in [-0.05, 0) is 70.2 Å². The lowest BCUT2D eigenvalue weighted by atomic mass is 9.99. The highest BCUT2D eigenvalue weighted by molar-refractivity contribution is 5.88. The second-order valence-electron chi connectivity index (χ2n) is 8.87. The summed E-state index contributed by atoms with van der Waals surface area (Å²) in [7, 11) is 1.63. The molecule has 2 N–H and O–H groups in total. The molecule has 0 aliphatic heterocycles. The monoisotopic (exact) mass is 423 g/mol. The number of methoxy groups -OCH3 is 1. The number of ether oxygens (including phenoxy) is 1. The molecule has 0 fully saturated rings. The van der Waals surface area contributed by atoms with Crippen molar-refractivity contribution in [3.63, 3.8) is 0 Å². The first-order valence-corrected chi connectivity index (χ1v) is 10.9. The van der Waals surface area contributed by atoms with Crippen LogP contribution in [0.15, 0.2) is 52.9 Å². The van der Waals surface area contributed by atoms with Crippen LogP contribution in [0, 0.1) is 0 Å². The summed E-state index contributed by atoms with van der Waals surface area (Å²) >= 11 is 0. The molecule has 1 heterocycles. The molecule has 2 aromatic carbocycles. The number of benzene rings is 2. The van der Waals surface area contributed by atoms with Crippen LogP contribution in [-0.4, -0.2) is 29.8 Å². The van der Waals surface area contributed by atoms with Crippen molar-refractivity contribution in [1.29, 1.82) is 0 Å². The maximum Gasteiger partial charge on any atom is 0.220 e. The van der Waals surface area contributed by atoms with Crippen molar-refractivity contribution in [2.24, 2.45) is 0 Å². The molecule has 0 spiro atoms. The fraction of sp³-hybridized carbons (Fsp3) is 0.423. The van der Waals surface area contributed by atoms with Crippen molar-refractivity contribution in [2.75, 3.05) is 7.11 Å². The van der Waals surface area contributed by atoms with Gasteiger partial charge in [-0.2, -0.15) is 0 Å². The Morgan fingerprint density at radius 1 is 1.19 bits per heavy atom. The van der Waals surface area contributed by atoms with Gasteiger partial charge in [-0.15, -0.1) is 0 Å². The smallest absolute Gasteiger partial charge is 0.220 e. The quantitative estimate of drug-likeness (QED) is 0.452. The molecule has 5 heteroatoms. The average Bonchev–Trinajstić information content (AvgIpc) is 3.15. The molecule has 0 saturated heterocycles. The van der Waals surface area contributed by atoms with Gasteiger partial charge in [0.2, 0.25) is 5.91 Å². The Hall–Kier alpha value is -2.79. The van der Waals surface area contributed by atoms with E-state index in [-0.39, 0.29) is 11.9 Å². The fourth-order valence-corrected chi connectivity index (χ4v) is 3.74. The van der Waals surface area contributed by atoms with E-state index in [1.807, 2.05) is 63.2 Å². The molecule has 166 valence electrons. The van der Waals surface area contributed by atoms with Crippen LogP contribution >= 0.6 is 0 Å². The molecule has 0 aliphatic rings. The van der Waals surface area contributed by atoms with Crippen LogP contribution in [0.5, 0.6) is 5.75 Å². The van der Waals surface area contributed by atoms with E-state index in [4.69, 9.17) is 9.15 Å². The zero-order valence-corrected chi connectivity index (χ0v) is 18.9. The lowest BCUT2D eigenvalue weighted by Gasteiger charge is -2.19. The van der Waals surface area contributed by atoms with Crippen LogP contribution in [0.3, 0.4) is 0 Å². The SMILES string of the molecule is COc1cc(CCC(=O)NC(C)CCCC(C)(C)O)cc2cc(-c3ccccc3)oc12. The maximum absolute atomic E-state index is 12.4. The van der Waals surface area contributed by atoms with Gasteiger partial charge >= 0.3 is 0 Å². The fourth-order valence-electron chi connectivity index (χ4n) is 3.74. The second kappa shape index (κ2) is 10.0. The standard InChI is InChI=1S/C26H33NO4/c1-18(9-8-14-26(2,3)29)27-24(28)13-12-19-15-21-17-22(20-10-6-5-7-11-20)31-25(21)23(16-19)30-4/h5-7,10-11,15-18,29H,8-9,12-14H2,1-4H3,(H,27,28). The van der Waals surface area contributed by atoms with Crippen molar-refractivity contribution in [2.45, 2.75) is 64.5 Å². The van der Waals surface area contributed by atoms with E-state index in [1.165, 1.54) is 0 Å². The molecule has 3 aromatic rings. The summed E-state index contributed by atoms with van der Waals surface area (Å²) in [4.78, 5) is 12.4. The number of furan rings is 1. The summed E-state index contributed by atoms with van der Waals surface area (Å²) in [5.41, 5.74) is 2.11. The van der Waals surface area contributed by atoms with E-state index in [0.717, 1.165) is 47.1 Å².